The van der Waals surface area contributed by atoms with Crippen LogP contribution in [0.2, 0.25) is 0 Å². The van der Waals surface area contributed by atoms with E-state index in [0.29, 0.717) is 0 Å². The van der Waals surface area contributed by atoms with Crippen molar-refractivity contribution in [3.05, 3.63) is 520 Å². The van der Waals surface area contributed by atoms with Gasteiger partial charge < -0.3 is 28.7 Å². The van der Waals surface area contributed by atoms with Gasteiger partial charge in [0.2, 0.25) is 0 Å². The van der Waals surface area contributed by atoms with Crippen LogP contribution in [0.1, 0.15) is 49.9 Å². The minimum Gasteiger partial charge on any atom is -0.310 e. The minimum atomic E-state index is -0.122. The van der Waals surface area contributed by atoms with Crippen LogP contribution in [0.15, 0.2) is 497 Å². The molecule has 0 saturated carbocycles. The molecule has 0 fully saturated rings. The first kappa shape index (κ1) is 80.7. The predicted octanol–water partition coefficient (Wildman–Crippen LogP) is 36.0. The number of para-hydroxylation sites is 8. The first-order chi connectivity index (χ1) is 67.1. The minimum absolute atomic E-state index is 0.0957. The molecule has 0 amide bonds. The molecule has 0 unspecified atom stereocenters. The summed E-state index contributed by atoms with van der Waals surface area (Å²) in [4.78, 5) is 9.74. The summed E-state index contributed by atoms with van der Waals surface area (Å²) < 4.78 is 4.76. The molecule has 24 aromatic rings. The highest BCUT2D eigenvalue weighted by molar-refractivity contribution is 6.25. The molecule has 0 bridgehead atoms. The Morgan fingerprint density at radius 2 is 0.397 bits per heavy atom. The Balaban J connectivity index is 0.000000146. The fourth-order valence-corrected chi connectivity index (χ4v) is 22.5. The van der Waals surface area contributed by atoms with E-state index in [1.54, 1.807) is 0 Å². The summed E-state index contributed by atoms with van der Waals surface area (Å²) >= 11 is 0. The molecular weight excluding hydrogens is 1650 g/mol. The van der Waals surface area contributed by atoms with Crippen LogP contribution in [0.4, 0.5) is 68.2 Å². The predicted molar refractivity (Wildman–Crippen MR) is 576 cm³/mol. The molecule has 2 heterocycles. The summed E-state index contributed by atoms with van der Waals surface area (Å²) in [5, 5.41) is 14.5. The van der Waals surface area contributed by atoms with E-state index in [4.69, 9.17) is 0 Å². The normalized spacial score (nSPS) is 12.7. The molecule has 22 aromatic carbocycles. The lowest BCUT2D eigenvalue weighted by Gasteiger charge is -2.31. The number of benzene rings is 22. The van der Waals surface area contributed by atoms with Gasteiger partial charge in [-0.25, -0.2) is 0 Å². The highest BCUT2D eigenvalue weighted by Crippen LogP contribution is 2.57. The third-order valence-electron chi connectivity index (χ3n) is 28.6. The van der Waals surface area contributed by atoms with Crippen molar-refractivity contribution in [2.75, 3.05) is 19.6 Å². The topological polar surface area (TPSA) is 22.8 Å². The Bertz CT molecular complexity index is 8650. The maximum atomic E-state index is 2.49. The summed E-state index contributed by atoms with van der Waals surface area (Å²) in [6, 6.07) is 182. The number of anilines is 12. The zero-order chi connectivity index (χ0) is 90.7. The number of hydrogen-bond acceptors (Lipinski definition) is 4. The van der Waals surface area contributed by atoms with E-state index in [9.17, 15) is 0 Å². The second kappa shape index (κ2) is 32.9. The molecule has 136 heavy (non-hydrogen) atoms. The van der Waals surface area contributed by atoms with Gasteiger partial charge in [0.1, 0.15) is 0 Å². The van der Waals surface area contributed by atoms with Gasteiger partial charge in [0.05, 0.1) is 33.4 Å². The first-order valence-electron chi connectivity index (χ1n) is 47.2. The van der Waals surface area contributed by atoms with E-state index >= 15 is 0 Å². The molecule has 2 aliphatic rings. The molecule has 6 heteroatoms. The molecule has 26 rings (SSSR count). The lowest BCUT2D eigenvalue weighted by atomic mass is 9.82. The molecule has 0 atom stereocenters. The zero-order valence-electron chi connectivity index (χ0n) is 76.0. The van der Waals surface area contributed by atoms with Crippen molar-refractivity contribution in [1.82, 2.24) is 9.13 Å². The number of aromatic nitrogens is 2. The van der Waals surface area contributed by atoms with E-state index in [-0.39, 0.29) is 10.8 Å². The van der Waals surface area contributed by atoms with Crippen molar-refractivity contribution in [3.63, 3.8) is 0 Å². The van der Waals surface area contributed by atoms with Gasteiger partial charge in [-0.3, -0.25) is 0 Å². The van der Waals surface area contributed by atoms with Gasteiger partial charge >= 0.3 is 0 Å². The van der Waals surface area contributed by atoms with Crippen molar-refractivity contribution in [3.8, 4) is 55.9 Å². The van der Waals surface area contributed by atoms with Crippen LogP contribution in [-0.4, -0.2) is 9.13 Å². The Kier molecular flexibility index (Phi) is 19.5. The number of fused-ring (bicyclic) bond motifs is 16. The van der Waals surface area contributed by atoms with Crippen LogP contribution in [0.25, 0.3) is 143 Å². The molecular formula is C130H94N6. The summed E-state index contributed by atoms with van der Waals surface area (Å²) in [6.45, 7) is 9.44. The van der Waals surface area contributed by atoms with Crippen molar-refractivity contribution in [1.29, 1.82) is 0 Å². The zero-order valence-corrected chi connectivity index (χ0v) is 76.0. The maximum absolute atomic E-state index is 2.49. The fourth-order valence-electron chi connectivity index (χ4n) is 22.5. The lowest BCUT2D eigenvalue weighted by Crippen LogP contribution is -2.17. The van der Waals surface area contributed by atoms with Gasteiger partial charge in [-0.1, -0.05) is 355 Å². The molecule has 644 valence electrons. The summed E-state index contributed by atoms with van der Waals surface area (Å²) in [7, 11) is 0. The largest absolute Gasteiger partial charge is 0.310 e. The van der Waals surface area contributed by atoms with Crippen molar-refractivity contribution in [2.45, 2.75) is 38.5 Å². The van der Waals surface area contributed by atoms with E-state index in [1.165, 1.54) is 154 Å². The Labute approximate surface area is 792 Å². The second-order valence-electron chi connectivity index (χ2n) is 37.0. The van der Waals surface area contributed by atoms with Gasteiger partial charge in [-0.15, -0.1) is 0 Å². The SMILES string of the molecule is CC1(C)c2ccccc2-c2ccc(N(c3ccccc3)c3ccc(-c4c5ccccc5c(N(c5ccccc5)c5ccc6c(c5)C(C)(C)c5ccccc5-6)c5ccccc45)cc3)cc21.c1ccc(N(c2ccc(-c3c4ccccc4c(N(c4ccccc4)c4ccc5c(c4)c4ccccc4n5-c4ccccc4)c4ccccc34)cc2)c2ccc3c(c2)c2ccccc2n3-c2ccccc2)cc1. The van der Waals surface area contributed by atoms with Crippen LogP contribution in [-0.2, 0) is 10.8 Å². The Morgan fingerprint density at radius 3 is 0.750 bits per heavy atom. The Hall–Kier alpha value is -17.3. The average molecular weight is 1740 g/mol. The van der Waals surface area contributed by atoms with Crippen molar-refractivity contribution in [2.24, 2.45) is 0 Å². The first-order valence-corrected chi connectivity index (χ1v) is 47.2. The average Bonchev–Trinajstić information content (AvgIpc) is 1.19. The van der Waals surface area contributed by atoms with E-state index in [1.807, 2.05) is 0 Å². The van der Waals surface area contributed by atoms with Crippen LogP contribution in [0.5, 0.6) is 0 Å². The summed E-state index contributed by atoms with van der Waals surface area (Å²) in [6.07, 6.45) is 0. The Morgan fingerprint density at radius 1 is 0.162 bits per heavy atom. The van der Waals surface area contributed by atoms with Crippen LogP contribution in [0, 0.1) is 0 Å². The summed E-state index contributed by atoms with van der Waals surface area (Å²) in [5.74, 6) is 0. The number of hydrogen-bond donors (Lipinski definition) is 0. The highest BCUT2D eigenvalue weighted by Gasteiger charge is 2.39. The smallest absolute Gasteiger partial charge is 0.0618 e. The van der Waals surface area contributed by atoms with Crippen LogP contribution in [0.3, 0.4) is 0 Å². The molecule has 0 N–H and O–H groups in total. The molecule has 0 aliphatic heterocycles. The molecule has 0 radical (unpaired) electrons. The highest BCUT2D eigenvalue weighted by atomic mass is 15.2. The van der Waals surface area contributed by atoms with Crippen molar-refractivity contribution < 1.29 is 0 Å². The third kappa shape index (κ3) is 13.3. The molecule has 0 spiro atoms. The second-order valence-corrected chi connectivity index (χ2v) is 37.0. The quantitative estimate of drug-likeness (QED) is 0.0900. The molecule has 6 nitrogen and oxygen atoms in total. The van der Waals surface area contributed by atoms with Gasteiger partial charge in [0.25, 0.3) is 0 Å². The monoisotopic (exact) mass is 1740 g/mol. The van der Waals surface area contributed by atoms with Crippen molar-refractivity contribution >= 4 is 155 Å². The number of nitrogens with zero attached hydrogens (tertiary/aromatic N) is 6. The maximum Gasteiger partial charge on any atom is 0.0618 e. The van der Waals surface area contributed by atoms with Gasteiger partial charge in [-0.05, 0) is 258 Å². The number of rotatable bonds is 16. The van der Waals surface area contributed by atoms with Gasteiger partial charge in [0, 0.05) is 122 Å². The fraction of sp³-hybridized carbons (Fsp3) is 0.0462. The standard InChI is InChI=1S/C68H46N4.C62H48N2/c1-5-21-48(22-6-1)69(53-41-43-65-61(45-53)55-29-17-19-35-63(55)71(65)50-25-9-3-10-26-50)52-39-37-47(38-40-52)67-57-31-13-15-33-59(57)68(60-34-16-14-32-58(60)67)70(49-23-7-2-8-24-49)54-42-44-66-62(46-54)56-30-18-20-36-64(56)72(66)51-27-11-4-12-28-51;1-61(2)55-29-17-15-23-47(55)49-37-35-45(39-57(49)61)63(42-19-7-5-8-20-42)44-33-31-41(32-34-44)59-51-25-11-13-27-53(51)60(54-28-14-12-26-52(54)59)64(43-21-9-6-10-22-43)46-36-38-50-48-24-16-18-30-56(48)62(3,4)58(50)40-46/h1-46H;5-40H,1-4H3. The molecule has 2 aliphatic carbocycles. The van der Waals surface area contributed by atoms with Crippen LogP contribution < -0.4 is 19.6 Å². The van der Waals surface area contributed by atoms with E-state index in [2.05, 4.69) is 554 Å². The van der Waals surface area contributed by atoms with Crippen LogP contribution >= 0.6 is 0 Å². The van der Waals surface area contributed by atoms with Gasteiger partial charge in [0.15, 0.2) is 0 Å². The van der Waals surface area contributed by atoms with E-state index in [0.717, 1.165) is 79.5 Å². The van der Waals surface area contributed by atoms with Gasteiger partial charge in [-0.2, -0.15) is 0 Å². The third-order valence-corrected chi connectivity index (χ3v) is 28.6. The van der Waals surface area contributed by atoms with E-state index < -0.39 is 0 Å². The lowest BCUT2D eigenvalue weighted by molar-refractivity contribution is 0.660. The molecule has 0 saturated heterocycles. The molecule has 2 aromatic heterocycles. The summed E-state index contributed by atoms with van der Waals surface area (Å²) in [5.41, 5.74) is 35.9.